The monoisotopic (exact) mass is 375 g/mol. The number of nitro groups is 1. The molecule has 0 aliphatic rings. The number of benzene rings is 1. The zero-order valence-electron chi connectivity index (χ0n) is 13.3. The molecule has 0 radical (unpaired) electrons. The summed E-state index contributed by atoms with van der Waals surface area (Å²) in [6.45, 7) is -0.000299. The molecule has 0 saturated heterocycles. The number of pyridine rings is 1. The molecular weight excluding hydrogens is 362 g/mol. The van der Waals surface area contributed by atoms with Gasteiger partial charge in [0, 0.05) is 37.5 Å². The maximum absolute atomic E-state index is 12.2. The summed E-state index contributed by atoms with van der Waals surface area (Å²) in [6, 6.07) is 8.29. The fourth-order valence-corrected chi connectivity index (χ4v) is 3.17. The Hall–Kier alpha value is -3.18. The van der Waals surface area contributed by atoms with Crippen molar-refractivity contribution in [3.05, 3.63) is 64.8 Å². The van der Waals surface area contributed by atoms with E-state index in [-0.39, 0.29) is 35.3 Å². The molecule has 0 saturated carbocycles. The zero-order chi connectivity index (χ0) is 18.6. The molecule has 3 aromatic rings. The molecule has 1 aromatic carbocycles. The minimum Gasteiger partial charge on any atom is -0.421 e. The summed E-state index contributed by atoms with van der Waals surface area (Å²) in [4.78, 5) is 13.9. The zero-order valence-corrected chi connectivity index (χ0v) is 14.1. The first-order valence-corrected chi connectivity index (χ1v) is 8.91. The Kier molecular flexibility index (Phi) is 5.00. The number of hydrogen-bond acceptors (Lipinski definition) is 8. The summed E-state index contributed by atoms with van der Waals surface area (Å²) < 4.78 is 32.2. The number of nitro benzene ring substituents is 1. The van der Waals surface area contributed by atoms with E-state index < -0.39 is 14.9 Å². The Labute approximate surface area is 148 Å². The molecule has 134 valence electrons. The molecule has 26 heavy (non-hydrogen) atoms. The summed E-state index contributed by atoms with van der Waals surface area (Å²) in [6.07, 6.45) is 3.35. The standard InChI is InChI=1S/C15H13N5O5S/c21-20(22)12-4-1-5-13(9-12)26(23,24)17-8-6-14-18-19-15(25-14)11-3-2-7-16-10-11/h1-5,7,9-10,17H,6,8H2. The third kappa shape index (κ3) is 4.07. The number of non-ortho nitro benzene ring substituents is 1. The van der Waals surface area contributed by atoms with Crippen molar-refractivity contribution in [3.8, 4) is 11.5 Å². The van der Waals surface area contributed by atoms with Gasteiger partial charge in [-0.15, -0.1) is 10.2 Å². The van der Waals surface area contributed by atoms with Crippen molar-refractivity contribution in [1.82, 2.24) is 19.9 Å². The van der Waals surface area contributed by atoms with Crippen molar-refractivity contribution in [2.45, 2.75) is 11.3 Å². The Morgan fingerprint density at radius 1 is 1.19 bits per heavy atom. The van der Waals surface area contributed by atoms with Crippen LogP contribution in [-0.2, 0) is 16.4 Å². The molecule has 1 N–H and O–H groups in total. The van der Waals surface area contributed by atoms with Crippen LogP contribution in [0.3, 0.4) is 0 Å². The van der Waals surface area contributed by atoms with Gasteiger partial charge in [0.25, 0.3) is 5.69 Å². The highest BCUT2D eigenvalue weighted by molar-refractivity contribution is 7.89. The predicted molar refractivity (Wildman–Crippen MR) is 89.5 cm³/mol. The Bertz CT molecular complexity index is 1020. The van der Waals surface area contributed by atoms with E-state index in [9.17, 15) is 18.5 Å². The highest BCUT2D eigenvalue weighted by Gasteiger charge is 2.18. The van der Waals surface area contributed by atoms with Crippen LogP contribution < -0.4 is 4.72 Å². The van der Waals surface area contributed by atoms with Crippen LogP contribution in [0.15, 0.2) is 58.1 Å². The first kappa shape index (κ1) is 17.6. The molecule has 0 aliphatic heterocycles. The first-order valence-electron chi connectivity index (χ1n) is 7.42. The van der Waals surface area contributed by atoms with Crippen molar-refractivity contribution in [3.63, 3.8) is 0 Å². The summed E-state index contributed by atoms with van der Waals surface area (Å²) in [5.74, 6) is 0.542. The molecule has 2 aromatic heterocycles. The van der Waals surface area contributed by atoms with Gasteiger partial charge in [-0.25, -0.2) is 13.1 Å². The van der Waals surface area contributed by atoms with Crippen LogP contribution in [-0.4, -0.2) is 35.1 Å². The topological polar surface area (TPSA) is 141 Å². The number of nitrogens with one attached hydrogen (secondary N) is 1. The maximum Gasteiger partial charge on any atom is 0.270 e. The molecule has 0 fully saturated rings. The number of nitrogens with zero attached hydrogens (tertiary/aromatic N) is 4. The minimum absolute atomic E-state index is 0.000299. The molecule has 0 spiro atoms. The van der Waals surface area contributed by atoms with E-state index in [0.717, 1.165) is 6.07 Å². The van der Waals surface area contributed by atoms with Crippen LogP contribution in [0.4, 0.5) is 5.69 Å². The number of sulfonamides is 1. The van der Waals surface area contributed by atoms with Crippen molar-refractivity contribution >= 4 is 15.7 Å². The second-order valence-electron chi connectivity index (χ2n) is 5.14. The van der Waals surface area contributed by atoms with E-state index in [2.05, 4.69) is 19.9 Å². The third-order valence-corrected chi connectivity index (χ3v) is 4.80. The van der Waals surface area contributed by atoms with Gasteiger partial charge in [0.15, 0.2) is 0 Å². The van der Waals surface area contributed by atoms with E-state index in [1.165, 1.54) is 18.2 Å². The van der Waals surface area contributed by atoms with Gasteiger partial charge in [-0.05, 0) is 18.2 Å². The van der Waals surface area contributed by atoms with Crippen LogP contribution in [0.25, 0.3) is 11.5 Å². The summed E-state index contributed by atoms with van der Waals surface area (Å²) in [5.41, 5.74) is 0.356. The Morgan fingerprint density at radius 2 is 2.04 bits per heavy atom. The van der Waals surface area contributed by atoms with Gasteiger partial charge in [-0.3, -0.25) is 15.1 Å². The summed E-state index contributed by atoms with van der Waals surface area (Å²) >= 11 is 0. The van der Waals surface area contributed by atoms with E-state index in [0.29, 0.717) is 5.56 Å². The molecular formula is C15H13N5O5S. The molecule has 0 atom stereocenters. The molecule has 0 aliphatic carbocycles. The van der Waals surface area contributed by atoms with Gasteiger partial charge >= 0.3 is 0 Å². The van der Waals surface area contributed by atoms with Crippen LogP contribution in [0.5, 0.6) is 0 Å². The lowest BCUT2D eigenvalue weighted by atomic mass is 10.3. The van der Waals surface area contributed by atoms with E-state index in [1.807, 2.05) is 0 Å². The lowest BCUT2D eigenvalue weighted by molar-refractivity contribution is -0.385. The second kappa shape index (κ2) is 7.37. The molecule has 10 nitrogen and oxygen atoms in total. The average Bonchev–Trinajstić information content (AvgIpc) is 3.11. The molecule has 0 bridgehead atoms. The van der Waals surface area contributed by atoms with E-state index in [1.54, 1.807) is 24.5 Å². The van der Waals surface area contributed by atoms with Crippen LogP contribution in [0, 0.1) is 10.1 Å². The number of aromatic nitrogens is 3. The van der Waals surface area contributed by atoms with Crippen LogP contribution >= 0.6 is 0 Å². The van der Waals surface area contributed by atoms with Crippen LogP contribution in [0.1, 0.15) is 5.89 Å². The van der Waals surface area contributed by atoms with Gasteiger partial charge in [0.05, 0.1) is 15.4 Å². The Morgan fingerprint density at radius 3 is 2.77 bits per heavy atom. The van der Waals surface area contributed by atoms with Gasteiger partial charge < -0.3 is 4.42 Å². The van der Waals surface area contributed by atoms with Crippen molar-refractivity contribution < 1.29 is 17.8 Å². The molecule has 0 amide bonds. The highest BCUT2D eigenvalue weighted by atomic mass is 32.2. The molecule has 3 rings (SSSR count). The van der Waals surface area contributed by atoms with Crippen molar-refractivity contribution in [2.75, 3.05) is 6.54 Å². The number of rotatable bonds is 7. The fourth-order valence-electron chi connectivity index (χ4n) is 2.10. The second-order valence-corrected chi connectivity index (χ2v) is 6.91. The minimum atomic E-state index is -3.89. The first-order chi connectivity index (χ1) is 12.5. The predicted octanol–water partition coefficient (Wildman–Crippen LogP) is 1.56. The van der Waals surface area contributed by atoms with Gasteiger partial charge in [-0.1, -0.05) is 6.07 Å². The maximum atomic E-state index is 12.2. The van der Waals surface area contributed by atoms with E-state index >= 15 is 0 Å². The molecule has 2 heterocycles. The van der Waals surface area contributed by atoms with Gasteiger partial charge in [-0.2, -0.15) is 0 Å². The van der Waals surface area contributed by atoms with Crippen LogP contribution in [0.2, 0.25) is 0 Å². The summed E-state index contributed by atoms with van der Waals surface area (Å²) in [7, 11) is -3.89. The lowest BCUT2D eigenvalue weighted by Crippen LogP contribution is -2.26. The molecule has 0 unspecified atom stereocenters. The Balaban J connectivity index is 1.63. The average molecular weight is 375 g/mol. The van der Waals surface area contributed by atoms with E-state index in [4.69, 9.17) is 4.42 Å². The quantitative estimate of drug-likeness (QED) is 0.484. The highest BCUT2D eigenvalue weighted by Crippen LogP contribution is 2.18. The number of hydrogen-bond donors (Lipinski definition) is 1. The van der Waals surface area contributed by atoms with Gasteiger partial charge in [0.2, 0.25) is 21.8 Å². The molecule has 11 heteroatoms. The van der Waals surface area contributed by atoms with Gasteiger partial charge in [0.1, 0.15) is 0 Å². The third-order valence-electron chi connectivity index (χ3n) is 3.35. The SMILES string of the molecule is O=[N+]([O-])c1cccc(S(=O)(=O)NCCc2nnc(-c3cccnc3)o2)c1. The fraction of sp³-hybridized carbons (Fsp3) is 0.133. The smallest absolute Gasteiger partial charge is 0.270 e. The normalized spacial score (nSPS) is 11.4. The largest absolute Gasteiger partial charge is 0.421 e. The summed E-state index contributed by atoms with van der Waals surface area (Å²) in [5, 5.41) is 18.5. The lowest BCUT2D eigenvalue weighted by Gasteiger charge is -2.05. The van der Waals surface area contributed by atoms with Crippen molar-refractivity contribution in [1.29, 1.82) is 0 Å². The van der Waals surface area contributed by atoms with Crippen molar-refractivity contribution in [2.24, 2.45) is 0 Å².